The molecule has 4 nitrogen and oxygen atoms in total. The lowest BCUT2D eigenvalue weighted by Gasteiger charge is -2.32. The van der Waals surface area contributed by atoms with Crippen molar-refractivity contribution < 1.29 is 0 Å². The van der Waals surface area contributed by atoms with E-state index in [2.05, 4.69) is 112 Å². The quantitative estimate of drug-likeness (QED) is 0.221. The molecule has 3 aromatic rings. The largest absolute Gasteiger partial charge is 0.302 e. The SMILES string of the molecule is CCC=C=Cc1cc(-c2ccc(C)nc2)nc(CCC)c1/C(C)=C/CC.Cc1ccc(C2CCN(CCC#N)CC2)c(C)c1. The Hall–Kier alpha value is -3.77. The van der Waals surface area contributed by atoms with Gasteiger partial charge in [0.15, 0.2) is 0 Å². The normalized spacial score (nSPS) is 13.8. The second-order valence-electron chi connectivity index (χ2n) is 12.0. The van der Waals surface area contributed by atoms with Crippen LogP contribution in [0.1, 0.15) is 111 Å². The van der Waals surface area contributed by atoms with Crippen LogP contribution >= 0.6 is 0 Å². The van der Waals surface area contributed by atoms with E-state index >= 15 is 0 Å². The molecule has 4 heteroatoms. The number of pyridine rings is 2. The van der Waals surface area contributed by atoms with E-state index in [1.54, 1.807) is 0 Å². The predicted molar refractivity (Wildman–Crippen MR) is 188 cm³/mol. The Kier molecular flexibility index (Phi) is 14.3. The molecule has 1 aromatic carbocycles. The average Bonchev–Trinajstić information content (AvgIpc) is 3.01. The Morgan fingerprint density at radius 3 is 2.41 bits per heavy atom. The van der Waals surface area contributed by atoms with Crippen molar-refractivity contribution in [2.24, 2.45) is 0 Å². The zero-order valence-electron chi connectivity index (χ0n) is 28.2. The molecule has 4 rings (SSSR count). The van der Waals surface area contributed by atoms with E-state index in [1.807, 2.05) is 19.2 Å². The van der Waals surface area contributed by atoms with Gasteiger partial charge in [-0.25, -0.2) is 0 Å². The Morgan fingerprint density at radius 1 is 1.02 bits per heavy atom. The standard InChI is InChI=1S/C24H30N2.C16H22N2/c1-6-9-10-13-20-16-23(21-15-14-19(5)25-17-21)26-22(12-8-3)24(20)18(4)11-7-2;1-13-4-5-16(14(2)12-13)15-6-10-18(11-7-15)9-3-8-17/h9,11,13-17H,6-8,12H2,1-5H3;4-5,12,15H,3,6-7,9-11H2,1-2H3/b18-11+;. The number of piperidine rings is 1. The van der Waals surface area contributed by atoms with E-state index in [0.717, 1.165) is 68.0 Å². The molecular formula is C40H52N4. The predicted octanol–water partition coefficient (Wildman–Crippen LogP) is 10.2. The molecule has 0 unspecified atom stereocenters. The van der Waals surface area contributed by atoms with Crippen molar-refractivity contribution in [2.45, 2.75) is 99.3 Å². The van der Waals surface area contributed by atoms with Gasteiger partial charge in [-0.15, -0.1) is 5.73 Å². The lowest BCUT2D eigenvalue weighted by Crippen LogP contribution is -2.33. The molecule has 1 aliphatic rings. The molecule has 0 radical (unpaired) electrons. The maximum atomic E-state index is 8.61. The van der Waals surface area contributed by atoms with Gasteiger partial charge in [0.05, 0.1) is 11.8 Å². The van der Waals surface area contributed by atoms with E-state index in [0.29, 0.717) is 12.3 Å². The van der Waals surface area contributed by atoms with Gasteiger partial charge in [0.2, 0.25) is 0 Å². The molecule has 3 heterocycles. The molecule has 1 saturated heterocycles. The highest BCUT2D eigenvalue weighted by Crippen LogP contribution is 2.31. The Morgan fingerprint density at radius 2 is 1.80 bits per heavy atom. The van der Waals surface area contributed by atoms with Gasteiger partial charge < -0.3 is 4.90 Å². The van der Waals surface area contributed by atoms with Crippen molar-refractivity contribution in [2.75, 3.05) is 19.6 Å². The van der Waals surface area contributed by atoms with E-state index in [9.17, 15) is 0 Å². The Bertz CT molecular complexity index is 1470. The van der Waals surface area contributed by atoms with Crippen molar-refractivity contribution in [3.63, 3.8) is 0 Å². The third-order valence-corrected chi connectivity index (χ3v) is 8.28. The molecular weight excluding hydrogens is 536 g/mol. The van der Waals surface area contributed by atoms with E-state index < -0.39 is 0 Å². The molecule has 0 saturated carbocycles. The zero-order chi connectivity index (χ0) is 31.9. The number of likely N-dealkylation sites (tertiary alicyclic amines) is 1. The summed E-state index contributed by atoms with van der Waals surface area (Å²) in [5.41, 5.74) is 15.6. The molecule has 1 fully saturated rings. The van der Waals surface area contributed by atoms with Gasteiger partial charge in [-0.05, 0) is 131 Å². The number of hydrogen-bond acceptors (Lipinski definition) is 4. The summed E-state index contributed by atoms with van der Waals surface area (Å²) in [4.78, 5) is 11.9. The summed E-state index contributed by atoms with van der Waals surface area (Å²) < 4.78 is 0. The second-order valence-corrected chi connectivity index (χ2v) is 12.0. The van der Waals surface area contributed by atoms with E-state index in [-0.39, 0.29) is 0 Å². The molecule has 44 heavy (non-hydrogen) atoms. The fraction of sp³-hybridized carbons (Fsp3) is 0.450. The van der Waals surface area contributed by atoms with Crippen molar-refractivity contribution in [1.29, 1.82) is 5.26 Å². The maximum Gasteiger partial charge on any atom is 0.0727 e. The van der Waals surface area contributed by atoms with Gasteiger partial charge in [-0.2, -0.15) is 5.26 Å². The van der Waals surface area contributed by atoms with E-state index in [1.165, 1.54) is 46.2 Å². The number of aromatic nitrogens is 2. The topological polar surface area (TPSA) is 52.8 Å². The highest BCUT2D eigenvalue weighted by Gasteiger charge is 2.21. The van der Waals surface area contributed by atoms with Gasteiger partial charge in [0.25, 0.3) is 0 Å². The summed E-state index contributed by atoms with van der Waals surface area (Å²) in [6.07, 6.45) is 15.5. The molecule has 1 aliphatic heterocycles. The number of aryl methyl sites for hydroxylation is 4. The lowest BCUT2D eigenvalue weighted by atomic mass is 9.86. The summed E-state index contributed by atoms with van der Waals surface area (Å²) in [5, 5.41) is 8.61. The van der Waals surface area contributed by atoms with Gasteiger partial charge in [-0.1, -0.05) is 57.0 Å². The molecule has 0 bridgehead atoms. The minimum atomic E-state index is 0.661. The second kappa shape index (κ2) is 18.1. The number of nitrogens with zero attached hydrogens (tertiary/aromatic N) is 4. The highest BCUT2D eigenvalue weighted by atomic mass is 15.1. The Labute approximate surface area is 267 Å². The van der Waals surface area contributed by atoms with Crippen LogP contribution in [0.25, 0.3) is 22.9 Å². The van der Waals surface area contributed by atoms with Crippen LogP contribution in [0.4, 0.5) is 0 Å². The molecule has 0 spiro atoms. The number of nitriles is 1. The van der Waals surface area contributed by atoms with Crippen LogP contribution in [0.15, 0.2) is 60.5 Å². The first-order chi connectivity index (χ1) is 21.3. The fourth-order valence-electron chi connectivity index (χ4n) is 6.01. The smallest absolute Gasteiger partial charge is 0.0727 e. The third kappa shape index (κ3) is 10.2. The third-order valence-electron chi connectivity index (χ3n) is 8.28. The number of benzene rings is 1. The molecule has 0 aliphatic carbocycles. The van der Waals surface area contributed by atoms with Crippen molar-refractivity contribution >= 4 is 11.6 Å². The van der Waals surface area contributed by atoms with Crippen LogP contribution in [-0.2, 0) is 6.42 Å². The zero-order valence-corrected chi connectivity index (χ0v) is 28.2. The fourth-order valence-corrected chi connectivity index (χ4v) is 6.01. The number of hydrogen-bond donors (Lipinski definition) is 0. The molecule has 0 amide bonds. The molecule has 2 aromatic heterocycles. The lowest BCUT2D eigenvalue weighted by molar-refractivity contribution is 0.216. The first kappa shape index (κ1) is 34.7. The van der Waals surface area contributed by atoms with Crippen LogP contribution in [0.5, 0.6) is 0 Å². The summed E-state index contributed by atoms with van der Waals surface area (Å²) in [6.45, 7) is 18.3. The van der Waals surface area contributed by atoms with Crippen LogP contribution in [-0.4, -0.2) is 34.5 Å². The van der Waals surface area contributed by atoms with Gasteiger partial charge >= 0.3 is 0 Å². The Balaban J connectivity index is 0.000000257. The van der Waals surface area contributed by atoms with Crippen molar-refractivity contribution in [3.8, 4) is 17.3 Å². The van der Waals surface area contributed by atoms with Crippen molar-refractivity contribution in [1.82, 2.24) is 14.9 Å². The first-order valence-electron chi connectivity index (χ1n) is 16.5. The summed E-state index contributed by atoms with van der Waals surface area (Å²) in [7, 11) is 0. The van der Waals surface area contributed by atoms with E-state index in [4.69, 9.17) is 10.2 Å². The summed E-state index contributed by atoms with van der Waals surface area (Å²) in [6, 6.07) is 15.4. The number of allylic oxidation sites excluding steroid dienone is 3. The van der Waals surface area contributed by atoms with Crippen LogP contribution in [0.2, 0.25) is 0 Å². The monoisotopic (exact) mass is 588 g/mol. The van der Waals surface area contributed by atoms with Gasteiger partial charge in [-0.3, -0.25) is 9.97 Å². The van der Waals surface area contributed by atoms with Crippen LogP contribution in [0, 0.1) is 32.1 Å². The summed E-state index contributed by atoms with van der Waals surface area (Å²) >= 11 is 0. The minimum absolute atomic E-state index is 0.661. The van der Waals surface area contributed by atoms with Crippen molar-refractivity contribution in [3.05, 3.63) is 99.7 Å². The molecule has 232 valence electrons. The maximum absolute atomic E-state index is 8.61. The average molecular weight is 589 g/mol. The minimum Gasteiger partial charge on any atom is -0.302 e. The van der Waals surface area contributed by atoms with Gasteiger partial charge in [0.1, 0.15) is 0 Å². The highest BCUT2D eigenvalue weighted by molar-refractivity contribution is 5.77. The van der Waals surface area contributed by atoms with Crippen LogP contribution < -0.4 is 0 Å². The first-order valence-corrected chi connectivity index (χ1v) is 16.5. The molecule has 0 atom stereocenters. The van der Waals surface area contributed by atoms with Gasteiger partial charge in [0, 0.05) is 41.7 Å². The summed E-state index contributed by atoms with van der Waals surface area (Å²) in [5.74, 6) is 0.712. The van der Waals surface area contributed by atoms with Crippen LogP contribution in [0.3, 0.4) is 0 Å². The molecule has 0 N–H and O–H groups in total. The number of rotatable bonds is 10.